The number of hydrogen-bond donors (Lipinski definition) is 0. The number of rotatable bonds is 3. The van der Waals surface area contributed by atoms with Gasteiger partial charge in [-0.25, -0.2) is 4.39 Å². The average molecular weight is 335 g/mol. The molecule has 1 unspecified atom stereocenters. The Morgan fingerprint density at radius 1 is 1.37 bits per heavy atom. The molecule has 19 heavy (non-hydrogen) atoms. The Hall–Kier alpha value is 0.190. The van der Waals surface area contributed by atoms with Crippen molar-refractivity contribution < 1.29 is 17.6 Å². The molecule has 0 saturated heterocycles. The summed E-state index contributed by atoms with van der Waals surface area (Å²) in [4.78, 5) is 0. The molecule has 0 amide bonds. The van der Waals surface area contributed by atoms with Crippen LogP contribution in [0.3, 0.4) is 0 Å². The van der Waals surface area contributed by atoms with Crippen LogP contribution in [-0.4, -0.2) is 21.8 Å². The topological polar surface area (TPSA) is 0 Å². The van der Waals surface area contributed by atoms with Gasteiger partial charge >= 0.3 is 6.18 Å². The van der Waals surface area contributed by atoms with Crippen molar-refractivity contribution in [1.82, 2.24) is 0 Å². The zero-order valence-corrected chi connectivity index (χ0v) is 13.2. The predicted octanol–water partition coefficient (Wildman–Crippen LogP) is 5.89. The molecule has 0 saturated carbocycles. The Morgan fingerprint density at radius 2 is 1.95 bits per heavy atom. The lowest BCUT2D eigenvalue weighted by Gasteiger charge is -2.36. The van der Waals surface area contributed by atoms with E-state index in [0.29, 0.717) is 11.5 Å². The standard InChI is InChI=1S/C12H15ClF4S2/c1-4-18-11(5-7(2)8(3)6-19-11)10(14)9(13)12(15,16)17/h4-6H2,1-3H3/b10-9+. The normalized spacial score (nSPS) is 26.5. The SMILES string of the molecule is CCSC1(/C(F)=C(\Cl)C(F)(F)F)CC(C)=C(C)CS1. The molecule has 0 bridgehead atoms. The number of allylic oxidation sites excluding steroid dienone is 2. The van der Waals surface area contributed by atoms with Crippen molar-refractivity contribution >= 4 is 35.1 Å². The van der Waals surface area contributed by atoms with Crippen LogP contribution in [0.25, 0.3) is 0 Å². The molecule has 110 valence electrons. The number of alkyl halides is 3. The highest BCUT2D eigenvalue weighted by atomic mass is 35.5. The summed E-state index contributed by atoms with van der Waals surface area (Å²) in [5, 5.41) is -1.63. The lowest BCUT2D eigenvalue weighted by Crippen LogP contribution is -2.29. The van der Waals surface area contributed by atoms with Crippen molar-refractivity contribution in [3.8, 4) is 0 Å². The lowest BCUT2D eigenvalue weighted by atomic mass is 10.0. The molecular formula is C12H15ClF4S2. The van der Waals surface area contributed by atoms with Gasteiger partial charge in [-0.05, 0) is 26.0 Å². The maximum absolute atomic E-state index is 14.3. The van der Waals surface area contributed by atoms with Gasteiger partial charge in [0.15, 0.2) is 5.03 Å². The van der Waals surface area contributed by atoms with E-state index in [2.05, 4.69) is 0 Å². The maximum atomic E-state index is 14.3. The molecule has 1 heterocycles. The molecule has 0 aliphatic carbocycles. The molecule has 1 aliphatic rings. The molecule has 0 aromatic carbocycles. The fourth-order valence-corrected chi connectivity index (χ4v) is 5.11. The first kappa shape index (κ1) is 17.2. The van der Waals surface area contributed by atoms with E-state index in [-0.39, 0.29) is 6.42 Å². The van der Waals surface area contributed by atoms with Crippen LogP contribution in [-0.2, 0) is 0 Å². The van der Waals surface area contributed by atoms with Crippen LogP contribution in [0.15, 0.2) is 22.0 Å². The van der Waals surface area contributed by atoms with Gasteiger partial charge < -0.3 is 0 Å². The third-order valence-corrected chi connectivity index (χ3v) is 6.43. The molecule has 0 aromatic heterocycles. The molecule has 0 nitrogen and oxygen atoms in total. The molecule has 0 N–H and O–H groups in total. The van der Waals surface area contributed by atoms with Crippen molar-refractivity contribution in [2.75, 3.05) is 11.5 Å². The van der Waals surface area contributed by atoms with E-state index in [0.717, 1.165) is 11.1 Å². The third kappa shape index (κ3) is 3.85. The van der Waals surface area contributed by atoms with Crippen molar-refractivity contribution in [3.63, 3.8) is 0 Å². The minimum absolute atomic E-state index is 0.250. The highest BCUT2D eigenvalue weighted by Gasteiger charge is 2.46. The summed E-state index contributed by atoms with van der Waals surface area (Å²) >= 11 is 7.54. The van der Waals surface area contributed by atoms with Gasteiger partial charge in [0.25, 0.3) is 0 Å². The first-order valence-corrected chi connectivity index (χ1v) is 8.05. The van der Waals surface area contributed by atoms with Crippen LogP contribution in [0.5, 0.6) is 0 Å². The highest BCUT2D eigenvalue weighted by Crippen LogP contribution is 2.54. The summed E-state index contributed by atoms with van der Waals surface area (Å²) in [7, 11) is 0. The summed E-state index contributed by atoms with van der Waals surface area (Å²) in [6.45, 7) is 5.53. The van der Waals surface area contributed by atoms with Crippen molar-refractivity contribution in [2.45, 2.75) is 37.4 Å². The van der Waals surface area contributed by atoms with Crippen LogP contribution in [0.1, 0.15) is 27.2 Å². The van der Waals surface area contributed by atoms with Crippen LogP contribution < -0.4 is 0 Å². The first-order chi connectivity index (χ1) is 8.64. The molecule has 1 atom stereocenters. The fourth-order valence-electron chi connectivity index (χ4n) is 1.72. The molecule has 0 aromatic rings. The van der Waals surface area contributed by atoms with E-state index in [4.69, 9.17) is 11.6 Å². The second kappa shape index (κ2) is 6.31. The van der Waals surface area contributed by atoms with Gasteiger partial charge in [-0.15, -0.1) is 23.5 Å². The largest absolute Gasteiger partial charge is 0.429 e. The van der Waals surface area contributed by atoms with E-state index in [9.17, 15) is 17.6 Å². The van der Waals surface area contributed by atoms with E-state index in [1.165, 1.54) is 23.5 Å². The van der Waals surface area contributed by atoms with Crippen LogP contribution in [0, 0.1) is 0 Å². The van der Waals surface area contributed by atoms with Crippen LogP contribution in [0.2, 0.25) is 0 Å². The van der Waals surface area contributed by atoms with Crippen molar-refractivity contribution in [3.05, 3.63) is 22.0 Å². The Kier molecular flexibility index (Phi) is 5.72. The van der Waals surface area contributed by atoms with E-state index < -0.39 is 21.1 Å². The summed E-state index contributed by atoms with van der Waals surface area (Å²) < 4.78 is 50.8. The molecule has 0 radical (unpaired) electrons. The van der Waals surface area contributed by atoms with Gasteiger partial charge in [0.1, 0.15) is 9.91 Å². The fraction of sp³-hybridized carbons (Fsp3) is 0.667. The minimum atomic E-state index is -4.84. The highest BCUT2D eigenvalue weighted by molar-refractivity contribution is 8.18. The Morgan fingerprint density at radius 3 is 2.37 bits per heavy atom. The smallest absolute Gasteiger partial charge is 0.208 e. The monoisotopic (exact) mass is 334 g/mol. The Bertz CT molecular complexity index is 414. The van der Waals surface area contributed by atoms with Crippen molar-refractivity contribution in [1.29, 1.82) is 0 Å². The number of thioether (sulfide) groups is 2. The van der Waals surface area contributed by atoms with Gasteiger partial charge in [-0.2, -0.15) is 13.2 Å². The zero-order chi connectivity index (χ0) is 14.8. The van der Waals surface area contributed by atoms with Gasteiger partial charge in [0, 0.05) is 5.75 Å². The third-order valence-electron chi connectivity index (χ3n) is 2.90. The summed E-state index contributed by atoms with van der Waals surface area (Å²) in [6, 6.07) is 0. The van der Waals surface area contributed by atoms with Gasteiger partial charge in [-0.3, -0.25) is 0 Å². The quantitative estimate of drug-likeness (QED) is 0.466. The summed E-state index contributed by atoms with van der Waals surface area (Å²) in [5.74, 6) is -0.214. The maximum Gasteiger partial charge on any atom is 0.429 e. The van der Waals surface area contributed by atoms with E-state index in [1.54, 1.807) is 6.92 Å². The average Bonchev–Trinajstić information content (AvgIpc) is 2.31. The van der Waals surface area contributed by atoms with E-state index in [1.807, 2.05) is 13.8 Å². The van der Waals surface area contributed by atoms with Gasteiger partial charge in [0.05, 0.1) is 0 Å². The first-order valence-electron chi connectivity index (χ1n) is 5.70. The molecule has 7 heteroatoms. The number of halogens is 5. The van der Waals surface area contributed by atoms with Crippen LogP contribution >= 0.6 is 35.1 Å². The van der Waals surface area contributed by atoms with Gasteiger partial charge in [0.2, 0.25) is 0 Å². The molecule has 0 fully saturated rings. The van der Waals surface area contributed by atoms with Gasteiger partial charge in [-0.1, -0.05) is 29.7 Å². The number of hydrogen-bond acceptors (Lipinski definition) is 2. The Balaban J connectivity index is 3.23. The van der Waals surface area contributed by atoms with Crippen molar-refractivity contribution in [2.24, 2.45) is 0 Å². The van der Waals surface area contributed by atoms with Crippen LogP contribution in [0.4, 0.5) is 17.6 Å². The molecule has 0 spiro atoms. The molecule has 1 aliphatic heterocycles. The minimum Gasteiger partial charge on any atom is -0.208 e. The molecule has 1 rings (SSSR count). The summed E-state index contributed by atoms with van der Waals surface area (Å²) in [5.41, 5.74) is 2.02. The molecular weight excluding hydrogens is 320 g/mol. The van der Waals surface area contributed by atoms with E-state index >= 15 is 0 Å². The summed E-state index contributed by atoms with van der Waals surface area (Å²) in [6.07, 6.45) is -4.59. The predicted molar refractivity (Wildman–Crippen MR) is 76.4 cm³/mol. The second-order valence-corrected chi connectivity index (χ2v) is 7.81. The second-order valence-electron chi connectivity index (χ2n) is 4.34. The Labute approximate surface area is 124 Å². The lowest BCUT2D eigenvalue weighted by molar-refractivity contribution is -0.0864. The zero-order valence-electron chi connectivity index (χ0n) is 10.8.